The molecule has 0 rings (SSSR count). The summed E-state index contributed by atoms with van der Waals surface area (Å²) < 4.78 is 0. The summed E-state index contributed by atoms with van der Waals surface area (Å²) >= 11 is 0. The van der Waals surface area contributed by atoms with Crippen molar-refractivity contribution in [3.05, 3.63) is 12.7 Å². The predicted molar refractivity (Wildman–Crippen MR) is 40.0 cm³/mol. The molecular weight excluding hydrogens is 140 g/mol. The van der Waals surface area contributed by atoms with Crippen molar-refractivity contribution in [2.75, 3.05) is 6.61 Å². The maximum atomic E-state index is 7.57. The van der Waals surface area contributed by atoms with Crippen LogP contribution in [0.25, 0.3) is 0 Å². The van der Waals surface area contributed by atoms with Gasteiger partial charge in [-0.1, -0.05) is 19.9 Å². The van der Waals surface area contributed by atoms with Crippen molar-refractivity contribution in [1.82, 2.24) is 0 Å². The van der Waals surface area contributed by atoms with Gasteiger partial charge in [-0.05, 0) is 13.8 Å². The van der Waals surface area contributed by atoms with Gasteiger partial charge in [-0.25, -0.2) is 0 Å². The van der Waals surface area contributed by atoms with Crippen molar-refractivity contribution in [1.29, 1.82) is 0 Å². The Labute approximate surface area is 89.2 Å². The third-order valence-corrected chi connectivity index (χ3v) is 0. The van der Waals surface area contributed by atoms with E-state index in [4.69, 9.17) is 5.11 Å². The average Bonchev–Trinajstić information content (AvgIpc) is 1.75. The average molecular weight is 158 g/mol. The molecule has 0 aromatic heterocycles. The molecule has 9 heavy (non-hydrogen) atoms. The molecule has 0 aliphatic carbocycles. The zero-order chi connectivity index (χ0) is 7.41. The van der Waals surface area contributed by atoms with Gasteiger partial charge in [0.25, 0.3) is 0 Å². The molecule has 2 heteroatoms. The summed E-state index contributed by atoms with van der Waals surface area (Å²) in [5, 5.41) is 7.57. The van der Waals surface area contributed by atoms with E-state index in [9.17, 15) is 0 Å². The fourth-order valence-electron chi connectivity index (χ4n) is 0. The molecule has 0 aromatic carbocycles. The monoisotopic (exact) mass is 158 g/mol. The number of allylic oxidation sites excluding steroid dienone is 1. The number of hydrogen-bond donors (Lipinski definition) is 1. The molecule has 0 heterocycles. The van der Waals surface area contributed by atoms with E-state index >= 15 is 0 Å². The molecule has 0 aromatic rings. The molecule has 0 saturated heterocycles. The Kier molecular flexibility index (Phi) is 162. The Hall–Kier alpha value is 0.960. The number of aliphatic hydroxyl groups excluding tert-OH is 1. The number of hydrogen-bond acceptors (Lipinski definition) is 1. The van der Waals surface area contributed by atoms with E-state index in [1.54, 1.807) is 13.0 Å². The zero-order valence-electron chi connectivity index (χ0n) is 6.79. The summed E-state index contributed by atoms with van der Waals surface area (Å²) in [4.78, 5) is 0. The SMILES string of the molecule is C=CC.CC.CCO.[Ar]. The van der Waals surface area contributed by atoms with Gasteiger partial charge in [0.15, 0.2) is 0 Å². The van der Waals surface area contributed by atoms with Crippen LogP contribution in [0.1, 0.15) is 27.7 Å². The van der Waals surface area contributed by atoms with E-state index in [1.807, 2.05) is 20.8 Å². The molecular formula is C7H18ArO. The maximum absolute atomic E-state index is 7.57. The molecule has 0 amide bonds. The minimum Gasteiger partial charge on any atom is -0.397 e. The van der Waals surface area contributed by atoms with Crippen molar-refractivity contribution in [3.8, 4) is 0 Å². The molecule has 1 N–H and O–H groups in total. The second-order valence-corrected chi connectivity index (χ2v) is 0.724. The Morgan fingerprint density at radius 1 is 1.44 bits per heavy atom. The first-order valence-corrected chi connectivity index (χ1v) is 3.01. The van der Waals surface area contributed by atoms with E-state index in [1.165, 1.54) is 0 Å². The van der Waals surface area contributed by atoms with Crippen molar-refractivity contribution < 1.29 is 42.8 Å². The van der Waals surface area contributed by atoms with Gasteiger partial charge in [0, 0.05) is 44.3 Å². The first-order valence-electron chi connectivity index (χ1n) is 3.01. The molecule has 0 spiro atoms. The zero-order valence-corrected chi connectivity index (χ0v) is 7.50. The Morgan fingerprint density at radius 2 is 1.44 bits per heavy atom. The van der Waals surface area contributed by atoms with Crippen molar-refractivity contribution in [2.24, 2.45) is 0 Å². The molecule has 0 bridgehead atoms. The van der Waals surface area contributed by atoms with Crippen LogP contribution in [0.15, 0.2) is 12.7 Å². The smallest absolute Gasteiger partial charge is 0.0402 e. The topological polar surface area (TPSA) is 20.2 Å². The molecule has 0 unspecified atom stereocenters. The Bertz CT molecular complexity index is 22.9. The van der Waals surface area contributed by atoms with Crippen LogP contribution < -0.4 is 0 Å². The van der Waals surface area contributed by atoms with Gasteiger partial charge in [0.1, 0.15) is 0 Å². The standard InChI is InChI=1S/C3H6.C2H6O.C2H6.Ar/c1-3-2;1-2-3;1-2;/h3H,1H2,2H3;3H,2H2,1H3;1-2H3;. The molecule has 0 saturated carbocycles. The van der Waals surface area contributed by atoms with Gasteiger partial charge in [0.05, 0.1) is 0 Å². The number of rotatable bonds is 0. The third-order valence-electron chi connectivity index (χ3n) is 0. The Morgan fingerprint density at radius 3 is 1.44 bits per heavy atom. The molecule has 0 radical (unpaired) electrons. The van der Waals surface area contributed by atoms with Crippen molar-refractivity contribution in [3.63, 3.8) is 0 Å². The first kappa shape index (κ1) is 22.5. The largest absolute Gasteiger partial charge is 0.397 e. The van der Waals surface area contributed by atoms with E-state index < -0.39 is 0 Å². The molecule has 0 aliphatic heterocycles. The summed E-state index contributed by atoms with van der Waals surface area (Å²) in [6.07, 6.45) is 1.75. The van der Waals surface area contributed by atoms with Gasteiger partial charge in [0.2, 0.25) is 0 Å². The second kappa shape index (κ2) is 64.8. The van der Waals surface area contributed by atoms with Gasteiger partial charge >= 0.3 is 0 Å². The molecule has 0 fully saturated rings. The second-order valence-electron chi connectivity index (χ2n) is 0.724. The van der Waals surface area contributed by atoms with Crippen LogP contribution in [0.5, 0.6) is 0 Å². The minimum absolute atomic E-state index is 0. The fourth-order valence-corrected chi connectivity index (χ4v) is 0. The molecule has 0 aliphatic rings. The van der Waals surface area contributed by atoms with E-state index in [0.717, 1.165) is 0 Å². The van der Waals surface area contributed by atoms with Crippen LogP contribution in [0, 0.1) is 37.7 Å². The van der Waals surface area contributed by atoms with E-state index in [-0.39, 0.29) is 44.3 Å². The van der Waals surface area contributed by atoms with Gasteiger partial charge in [-0.15, -0.1) is 6.58 Å². The number of aliphatic hydroxyl groups is 1. The summed E-state index contributed by atoms with van der Waals surface area (Å²) in [6, 6.07) is 0. The van der Waals surface area contributed by atoms with Gasteiger partial charge in [-0.2, -0.15) is 0 Å². The maximum Gasteiger partial charge on any atom is 0.0402 e. The summed E-state index contributed by atoms with van der Waals surface area (Å²) in [5.74, 6) is 0. The van der Waals surface area contributed by atoms with Crippen LogP contribution in [0.2, 0.25) is 0 Å². The Balaban J connectivity index is -0.0000000202. The fraction of sp³-hybridized carbons (Fsp3) is 0.714. The van der Waals surface area contributed by atoms with Crippen LogP contribution in [0.3, 0.4) is 0 Å². The third kappa shape index (κ3) is 471. The van der Waals surface area contributed by atoms with E-state index in [2.05, 4.69) is 6.58 Å². The quantitative estimate of drug-likeness (QED) is 0.536. The van der Waals surface area contributed by atoms with Crippen LogP contribution >= 0.6 is 0 Å². The minimum atomic E-state index is 0. The van der Waals surface area contributed by atoms with Crippen LogP contribution in [-0.2, 0) is 0 Å². The van der Waals surface area contributed by atoms with Gasteiger partial charge < -0.3 is 5.11 Å². The van der Waals surface area contributed by atoms with Crippen LogP contribution in [0.4, 0.5) is 0 Å². The normalized spacial score (nSPS) is 4.11. The molecule has 1 nitrogen and oxygen atoms in total. The molecule has 60 valence electrons. The summed E-state index contributed by atoms with van der Waals surface area (Å²) in [6.45, 7) is 11.2. The predicted octanol–water partition coefficient (Wildman–Crippen LogP) is 2.22. The molecule has 0 atom stereocenters. The van der Waals surface area contributed by atoms with Gasteiger partial charge in [-0.3, -0.25) is 0 Å². The van der Waals surface area contributed by atoms with Crippen molar-refractivity contribution >= 4 is 0 Å². The first-order chi connectivity index (χ1) is 3.83. The van der Waals surface area contributed by atoms with Crippen molar-refractivity contribution in [2.45, 2.75) is 27.7 Å². The van der Waals surface area contributed by atoms with Crippen LogP contribution in [-0.4, -0.2) is 11.7 Å². The summed E-state index contributed by atoms with van der Waals surface area (Å²) in [7, 11) is 0. The summed E-state index contributed by atoms with van der Waals surface area (Å²) in [5.41, 5.74) is 0. The van der Waals surface area contributed by atoms with E-state index in [0.29, 0.717) is 0 Å².